The molecule has 0 unspecified atom stereocenters. The van der Waals surface area contributed by atoms with Gasteiger partial charge in [-0.2, -0.15) is 0 Å². The summed E-state index contributed by atoms with van der Waals surface area (Å²) in [6.45, 7) is 0.460. The second-order valence-corrected chi connectivity index (χ2v) is 4.20. The standard InChI is InChI=1S/C11H14F2N4O/c12-11(13)4-6-17(7-5-11)9-3-1-2-8(15-9)10(18)16-14/h1-3H,4-7,14H2,(H,16,18). The lowest BCUT2D eigenvalue weighted by Crippen LogP contribution is -2.40. The van der Waals surface area contributed by atoms with Gasteiger partial charge in [-0.1, -0.05) is 6.07 Å². The lowest BCUT2D eigenvalue weighted by atomic mass is 10.1. The van der Waals surface area contributed by atoms with Crippen molar-refractivity contribution < 1.29 is 13.6 Å². The van der Waals surface area contributed by atoms with Crippen LogP contribution in [0.4, 0.5) is 14.6 Å². The van der Waals surface area contributed by atoms with Crippen molar-refractivity contribution in [2.24, 2.45) is 5.84 Å². The fraction of sp³-hybridized carbons (Fsp3) is 0.455. The number of rotatable bonds is 2. The van der Waals surface area contributed by atoms with E-state index in [-0.39, 0.29) is 31.6 Å². The molecule has 1 fully saturated rings. The van der Waals surface area contributed by atoms with E-state index in [1.807, 2.05) is 5.43 Å². The van der Waals surface area contributed by atoms with Gasteiger partial charge in [-0.05, 0) is 12.1 Å². The van der Waals surface area contributed by atoms with Crippen molar-refractivity contribution in [1.82, 2.24) is 10.4 Å². The fourth-order valence-electron chi connectivity index (χ4n) is 1.86. The Labute approximate surface area is 103 Å². The quantitative estimate of drug-likeness (QED) is 0.469. The Morgan fingerprint density at radius 1 is 1.39 bits per heavy atom. The molecule has 1 aliphatic heterocycles. The van der Waals surface area contributed by atoms with E-state index in [9.17, 15) is 13.6 Å². The molecular weight excluding hydrogens is 242 g/mol. The van der Waals surface area contributed by atoms with Gasteiger partial charge in [0.05, 0.1) is 0 Å². The van der Waals surface area contributed by atoms with Crippen LogP contribution in [0.5, 0.6) is 0 Å². The van der Waals surface area contributed by atoms with Crippen molar-refractivity contribution in [3.63, 3.8) is 0 Å². The van der Waals surface area contributed by atoms with Gasteiger partial charge in [0.2, 0.25) is 0 Å². The number of anilines is 1. The van der Waals surface area contributed by atoms with Crippen LogP contribution in [0, 0.1) is 0 Å². The highest BCUT2D eigenvalue weighted by atomic mass is 19.3. The number of pyridine rings is 1. The third-order valence-corrected chi connectivity index (χ3v) is 2.92. The summed E-state index contributed by atoms with van der Waals surface area (Å²) in [6, 6.07) is 4.86. The highest BCUT2D eigenvalue weighted by Crippen LogP contribution is 2.29. The normalized spacial score (nSPS) is 18.5. The first-order chi connectivity index (χ1) is 8.52. The van der Waals surface area contributed by atoms with Crippen LogP contribution < -0.4 is 16.2 Å². The van der Waals surface area contributed by atoms with E-state index >= 15 is 0 Å². The SMILES string of the molecule is NNC(=O)c1cccc(N2CCC(F)(F)CC2)n1. The number of alkyl halides is 2. The molecule has 18 heavy (non-hydrogen) atoms. The zero-order valence-corrected chi connectivity index (χ0v) is 9.70. The summed E-state index contributed by atoms with van der Waals surface area (Å²) in [5.74, 6) is 2.44. The Hall–Kier alpha value is -1.76. The molecule has 1 aliphatic rings. The molecule has 0 bridgehead atoms. The second kappa shape index (κ2) is 4.85. The molecule has 1 aromatic heterocycles. The van der Waals surface area contributed by atoms with Crippen LogP contribution in [0.1, 0.15) is 23.3 Å². The van der Waals surface area contributed by atoms with E-state index in [1.165, 1.54) is 6.07 Å². The number of nitrogens with zero attached hydrogens (tertiary/aromatic N) is 2. The summed E-state index contributed by atoms with van der Waals surface area (Å²) < 4.78 is 26.1. The minimum absolute atomic E-state index is 0.173. The molecule has 5 nitrogen and oxygen atoms in total. The number of nitrogen functional groups attached to an aromatic ring is 1. The van der Waals surface area contributed by atoms with Gasteiger partial charge in [-0.25, -0.2) is 19.6 Å². The van der Waals surface area contributed by atoms with Crippen molar-refractivity contribution in [3.05, 3.63) is 23.9 Å². The average molecular weight is 256 g/mol. The van der Waals surface area contributed by atoms with E-state index in [0.717, 1.165) is 0 Å². The minimum Gasteiger partial charge on any atom is -0.356 e. The van der Waals surface area contributed by atoms with Crippen molar-refractivity contribution >= 4 is 11.7 Å². The first kappa shape index (κ1) is 12.7. The second-order valence-electron chi connectivity index (χ2n) is 4.20. The van der Waals surface area contributed by atoms with Gasteiger partial charge in [0.25, 0.3) is 11.8 Å². The summed E-state index contributed by atoms with van der Waals surface area (Å²) in [5.41, 5.74) is 2.16. The van der Waals surface area contributed by atoms with Gasteiger partial charge in [-0.3, -0.25) is 10.2 Å². The number of hydrogen-bond donors (Lipinski definition) is 2. The number of hydrazine groups is 1. The van der Waals surface area contributed by atoms with E-state index < -0.39 is 11.8 Å². The maximum atomic E-state index is 13.0. The molecule has 2 heterocycles. The molecule has 1 aromatic rings. The van der Waals surface area contributed by atoms with Crippen LogP contribution in [0.25, 0.3) is 0 Å². The topological polar surface area (TPSA) is 71.2 Å². The number of nitrogens with one attached hydrogen (secondary N) is 1. The molecule has 7 heteroatoms. The molecule has 0 spiro atoms. The monoisotopic (exact) mass is 256 g/mol. The van der Waals surface area contributed by atoms with Gasteiger partial charge >= 0.3 is 0 Å². The van der Waals surface area contributed by atoms with Crippen molar-refractivity contribution in [2.75, 3.05) is 18.0 Å². The van der Waals surface area contributed by atoms with Gasteiger partial charge < -0.3 is 4.90 Å². The molecule has 1 amide bonds. The number of piperidine rings is 1. The highest BCUT2D eigenvalue weighted by Gasteiger charge is 2.34. The number of carbonyl (C=O) groups excluding carboxylic acids is 1. The van der Waals surface area contributed by atoms with E-state index in [0.29, 0.717) is 5.82 Å². The number of halogens is 2. The molecule has 0 aromatic carbocycles. The number of amides is 1. The molecule has 3 N–H and O–H groups in total. The van der Waals surface area contributed by atoms with Crippen molar-refractivity contribution in [1.29, 1.82) is 0 Å². The van der Waals surface area contributed by atoms with Gasteiger partial charge in [-0.15, -0.1) is 0 Å². The summed E-state index contributed by atoms with van der Waals surface area (Å²) in [5, 5.41) is 0. The Kier molecular flexibility index (Phi) is 3.42. The van der Waals surface area contributed by atoms with Gasteiger partial charge in [0.15, 0.2) is 0 Å². The third kappa shape index (κ3) is 2.73. The molecule has 0 atom stereocenters. The number of hydrogen-bond acceptors (Lipinski definition) is 4. The average Bonchev–Trinajstić information content (AvgIpc) is 2.38. The molecule has 1 saturated heterocycles. The Balaban J connectivity index is 2.12. The van der Waals surface area contributed by atoms with Crippen LogP contribution in [-0.4, -0.2) is 29.9 Å². The van der Waals surface area contributed by atoms with Crippen molar-refractivity contribution in [3.8, 4) is 0 Å². The third-order valence-electron chi connectivity index (χ3n) is 2.92. The van der Waals surface area contributed by atoms with Gasteiger partial charge in [0.1, 0.15) is 11.5 Å². The van der Waals surface area contributed by atoms with E-state index in [4.69, 9.17) is 5.84 Å². The highest BCUT2D eigenvalue weighted by molar-refractivity contribution is 5.92. The first-order valence-electron chi connectivity index (χ1n) is 5.63. The fourth-order valence-corrected chi connectivity index (χ4v) is 1.86. The van der Waals surface area contributed by atoms with E-state index in [2.05, 4.69) is 4.98 Å². The molecular formula is C11H14F2N4O. The maximum absolute atomic E-state index is 13.0. The van der Waals surface area contributed by atoms with Crippen LogP contribution in [-0.2, 0) is 0 Å². The zero-order valence-electron chi connectivity index (χ0n) is 9.70. The van der Waals surface area contributed by atoms with Crippen molar-refractivity contribution in [2.45, 2.75) is 18.8 Å². The first-order valence-corrected chi connectivity index (χ1v) is 5.63. The summed E-state index contributed by atoms with van der Waals surface area (Å²) in [7, 11) is 0. The minimum atomic E-state index is -2.59. The Bertz CT molecular complexity index is 442. The Morgan fingerprint density at radius 2 is 2.06 bits per heavy atom. The number of nitrogens with two attached hydrogens (primary N) is 1. The maximum Gasteiger partial charge on any atom is 0.283 e. The molecule has 2 rings (SSSR count). The lowest BCUT2D eigenvalue weighted by molar-refractivity contribution is -0.0221. The zero-order chi connectivity index (χ0) is 13.2. The summed E-state index contributed by atoms with van der Waals surface area (Å²) in [6.07, 6.45) is -0.385. The largest absolute Gasteiger partial charge is 0.356 e. The molecule has 0 radical (unpaired) electrons. The van der Waals surface area contributed by atoms with Crippen LogP contribution in [0.2, 0.25) is 0 Å². The number of aromatic nitrogens is 1. The lowest BCUT2D eigenvalue weighted by Gasteiger charge is -2.32. The molecule has 0 saturated carbocycles. The predicted octanol–water partition coefficient (Wildman–Crippen LogP) is 0.921. The van der Waals surface area contributed by atoms with E-state index in [1.54, 1.807) is 17.0 Å². The van der Waals surface area contributed by atoms with Gasteiger partial charge in [0, 0.05) is 25.9 Å². The van der Waals surface area contributed by atoms with Crippen LogP contribution in [0.15, 0.2) is 18.2 Å². The smallest absolute Gasteiger partial charge is 0.283 e. The predicted molar refractivity (Wildman–Crippen MR) is 62.3 cm³/mol. The number of carbonyl (C=O) groups is 1. The Morgan fingerprint density at radius 3 is 2.67 bits per heavy atom. The summed E-state index contributed by atoms with van der Waals surface area (Å²) in [4.78, 5) is 17.2. The van der Waals surface area contributed by atoms with Crippen LogP contribution >= 0.6 is 0 Å². The molecule has 0 aliphatic carbocycles. The van der Waals surface area contributed by atoms with Crippen LogP contribution in [0.3, 0.4) is 0 Å². The molecule has 98 valence electrons. The summed E-state index contributed by atoms with van der Waals surface area (Å²) >= 11 is 0.